The maximum absolute atomic E-state index is 12.4. The summed E-state index contributed by atoms with van der Waals surface area (Å²) in [5, 5.41) is 0. The smallest absolute Gasteiger partial charge is 0.383 e. The standard InChI is InChI=1S/C16H16F3N3S/c1-10-6-11(2)14(23-9-16(17,18)19)7-13(10)22-15(20)12-4-3-5-21-8-12/h3-8H,9H2,1-2H3,(H2,20,22). The van der Waals surface area contributed by atoms with E-state index in [0.29, 0.717) is 16.1 Å². The van der Waals surface area contributed by atoms with Gasteiger partial charge in [0.05, 0.1) is 11.4 Å². The van der Waals surface area contributed by atoms with Crippen LogP contribution in [0.25, 0.3) is 0 Å². The number of nitrogens with two attached hydrogens (primary N) is 1. The molecule has 1 aromatic heterocycles. The molecular formula is C16H16F3N3S. The van der Waals surface area contributed by atoms with E-state index in [2.05, 4.69) is 9.98 Å². The lowest BCUT2D eigenvalue weighted by Crippen LogP contribution is -2.13. The minimum Gasteiger partial charge on any atom is -0.383 e. The maximum atomic E-state index is 12.4. The van der Waals surface area contributed by atoms with Gasteiger partial charge < -0.3 is 5.73 Å². The van der Waals surface area contributed by atoms with Gasteiger partial charge >= 0.3 is 6.18 Å². The number of hydrogen-bond donors (Lipinski definition) is 1. The first-order valence-corrected chi connectivity index (χ1v) is 7.80. The number of thioether (sulfide) groups is 1. The van der Waals surface area contributed by atoms with E-state index in [0.717, 1.165) is 22.9 Å². The molecule has 2 N–H and O–H groups in total. The van der Waals surface area contributed by atoms with Crippen molar-refractivity contribution in [2.75, 3.05) is 5.75 Å². The highest BCUT2D eigenvalue weighted by Crippen LogP contribution is 2.33. The molecule has 7 heteroatoms. The zero-order valence-electron chi connectivity index (χ0n) is 12.7. The fourth-order valence-corrected chi connectivity index (χ4v) is 2.77. The van der Waals surface area contributed by atoms with Crippen molar-refractivity contribution in [3.63, 3.8) is 0 Å². The fourth-order valence-electron chi connectivity index (χ4n) is 1.97. The summed E-state index contributed by atoms with van der Waals surface area (Å²) in [5.41, 5.74) is 8.81. The van der Waals surface area contributed by atoms with E-state index in [1.165, 1.54) is 0 Å². The van der Waals surface area contributed by atoms with E-state index in [-0.39, 0.29) is 5.84 Å². The third-order valence-electron chi connectivity index (χ3n) is 3.08. The van der Waals surface area contributed by atoms with Gasteiger partial charge in [0, 0.05) is 22.9 Å². The van der Waals surface area contributed by atoms with Crippen LogP contribution in [0.2, 0.25) is 0 Å². The number of amidine groups is 1. The summed E-state index contributed by atoms with van der Waals surface area (Å²) in [6.45, 7) is 3.63. The summed E-state index contributed by atoms with van der Waals surface area (Å²) in [6, 6.07) is 6.97. The van der Waals surface area contributed by atoms with Crippen molar-refractivity contribution in [3.05, 3.63) is 53.3 Å². The Hall–Kier alpha value is -2.02. The zero-order valence-corrected chi connectivity index (χ0v) is 13.5. The third kappa shape index (κ3) is 4.99. The average molecular weight is 339 g/mol. The van der Waals surface area contributed by atoms with Gasteiger partial charge in [-0.2, -0.15) is 13.2 Å². The molecule has 0 spiro atoms. The lowest BCUT2D eigenvalue weighted by atomic mass is 10.1. The van der Waals surface area contributed by atoms with Gasteiger partial charge in [0.1, 0.15) is 5.84 Å². The predicted molar refractivity (Wildman–Crippen MR) is 87.3 cm³/mol. The number of aliphatic imine (C=N–C) groups is 1. The Bertz CT molecular complexity index is 713. The molecule has 0 radical (unpaired) electrons. The Kier molecular flexibility index (Phi) is 5.30. The second kappa shape index (κ2) is 7.04. The van der Waals surface area contributed by atoms with Crippen LogP contribution in [0.15, 0.2) is 46.5 Å². The number of halogens is 3. The summed E-state index contributed by atoms with van der Waals surface area (Å²) in [6.07, 6.45) is -0.998. The van der Waals surface area contributed by atoms with Gasteiger partial charge in [-0.05, 0) is 43.2 Å². The number of pyridine rings is 1. The molecule has 0 saturated heterocycles. The molecule has 122 valence electrons. The third-order valence-corrected chi connectivity index (χ3v) is 4.31. The number of benzene rings is 1. The summed E-state index contributed by atoms with van der Waals surface area (Å²) in [5.74, 6) is -0.658. The van der Waals surface area contributed by atoms with Crippen molar-refractivity contribution < 1.29 is 13.2 Å². The largest absolute Gasteiger partial charge is 0.398 e. The highest BCUT2D eigenvalue weighted by atomic mass is 32.2. The molecular weight excluding hydrogens is 323 g/mol. The van der Waals surface area contributed by atoms with E-state index in [9.17, 15) is 13.2 Å². The lowest BCUT2D eigenvalue weighted by molar-refractivity contribution is -0.105. The minimum atomic E-state index is -4.21. The first-order valence-electron chi connectivity index (χ1n) is 6.81. The molecule has 23 heavy (non-hydrogen) atoms. The monoisotopic (exact) mass is 339 g/mol. The quantitative estimate of drug-likeness (QED) is 0.511. The highest BCUT2D eigenvalue weighted by Gasteiger charge is 2.27. The number of hydrogen-bond acceptors (Lipinski definition) is 3. The molecule has 0 amide bonds. The van der Waals surface area contributed by atoms with Crippen molar-refractivity contribution in [1.29, 1.82) is 0 Å². The number of aromatic nitrogens is 1. The molecule has 0 saturated carbocycles. The topological polar surface area (TPSA) is 51.3 Å². The van der Waals surface area contributed by atoms with Gasteiger partial charge in [0.15, 0.2) is 0 Å². The predicted octanol–water partition coefficient (Wildman–Crippen LogP) is 4.39. The number of alkyl halides is 3. The van der Waals surface area contributed by atoms with Crippen molar-refractivity contribution in [1.82, 2.24) is 4.98 Å². The van der Waals surface area contributed by atoms with Gasteiger partial charge in [-0.3, -0.25) is 4.98 Å². The van der Waals surface area contributed by atoms with Gasteiger partial charge in [-0.15, -0.1) is 11.8 Å². The van der Waals surface area contributed by atoms with Crippen LogP contribution in [0, 0.1) is 13.8 Å². The van der Waals surface area contributed by atoms with Crippen LogP contribution in [-0.4, -0.2) is 22.7 Å². The van der Waals surface area contributed by atoms with Crippen molar-refractivity contribution in [2.24, 2.45) is 10.7 Å². The summed E-state index contributed by atoms with van der Waals surface area (Å²) < 4.78 is 37.2. The van der Waals surface area contributed by atoms with E-state index in [4.69, 9.17) is 5.73 Å². The highest BCUT2D eigenvalue weighted by molar-refractivity contribution is 7.99. The van der Waals surface area contributed by atoms with E-state index in [1.54, 1.807) is 37.5 Å². The second-order valence-corrected chi connectivity index (χ2v) is 6.06. The average Bonchev–Trinajstić information content (AvgIpc) is 2.48. The van der Waals surface area contributed by atoms with E-state index >= 15 is 0 Å². The first-order chi connectivity index (χ1) is 10.8. The maximum Gasteiger partial charge on any atom is 0.398 e. The van der Waals surface area contributed by atoms with Crippen LogP contribution in [0.4, 0.5) is 18.9 Å². The minimum absolute atomic E-state index is 0.275. The van der Waals surface area contributed by atoms with E-state index in [1.807, 2.05) is 13.0 Å². The van der Waals surface area contributed by atoms with Crippen LogP contribution < -0.4 is 5.73 Å². The molecule has 0 aliphatic heterocycles. The molecule has 3 nitrogen and oxygen atoms in total. The molecule has 0 unspecified atom stereocenters. The summed E-state index contributed by atoms with van der Waals surface area (Å²) in [7, 11) is 0. The van der Waals surface area contributed by atoms with Crippen LogP contribution >= 0.6 is 11.8 Å². The number of nitrogens with zero attached hydrogens (tertiary/aromatic N) is 2. The second-order valence-electron chi connectivity index (χ2n) is 5.05. The van der Waals surface area contributed by atoms with Crippen LogP contribution in [0.5, 0.6) is 0 Å². The normalized spacial score (nSPS) is 12.5. The van der Waals surface area contributed by atoms with Gasteiger partial charge in [0.25, 0.3) is 0 Å². The van der Waals surface area contributed by atoms with Gasteiger partial charge in [-0.25, -0.2) is 4.99 Å². The van der Waals surface area contributed by atoms with Crippen LogP contribution in [0.1, 0.15) is 16.7 Å². The molecule has 1 aromatic carbocycles. The van der Waals surface area contributed by atoms with Crippen molar-refractivity contribution in [2.45, 2.75) is 24.9 Å². The molecule has 1 heterocycles. The Morgan fingerprint density at radius 3 is 2.61 bits per heavy atom. The Morgan fingerprint density at radius 1 is 1.26 bits per heavy atom. The molecule has 0 fully saturated rings. The zero-order chi connectivity index (χ0) is 17.0. The molecule has 2 rings (SSSR count). The van der Waals surface area contributed by atoms with Crippen molar-refractivity contribution in [3.8, 4) is 0 Å². The molecule has 2 aromatic rings. The Morgan fingerprint density at radius 2 is 2.00 bits per heavy atom. The van der Waals surface area contributed by atoms with Crippen LogP contribution in [0.3, 0.4) is 0 Å². The van der Waals surface area contributed by atoms with Gasteiger partial charge in [-0.1, -0.05) is 6.07 Å². The van der Waals surface area contributed by atoms with Gasteiger partial charge in [0.2, 0.25) is 0 Å². The molecule has 0 aliphatic rings. The number of rotatable bonds is 4. The Labute approximate surface area is 136 Å². The fraction of sp³-hybridized carbons (Fsp3) is 0.250. The lowest BCUT2D eigenvalue weighted by Gasteiger charge is -2.11. The molecule has 0 aliphatic carbocycles. The van der Waals surface area contributed by atoms with Crippen LogP contribution in [-0.2, 0) is 0 Å². The first kappa shape index (κ1) is 17.3. The molecule has 0 atom stereocenters. The number of aryl methyl sites for hydroxylation is 2. The van der Waals surface area contributed by atoms with Crippen molar-refractivity contribution >= 4 is 23.3 Å². The Balaban J connectivity index is 2.32. The summed E-state index contributed by atoms with van der Waals surface area (Å²) in [4.78, 5) is 8.85. The SMILES string of the molecule is Cc1cc(C)c(SCC(F)(F)F)cc1/N=C(\N)c1cccnc1. The molecule has 0 bridgehead atoms. The summed E-state index contributed by atoms with van der Waals surface area (Å²) >= 11 is 0.752. The van der Waals surface area contributed by atoms with E-state index < -0.39 is 11.9 Å².